The number of rotatable bonds is 6. The minimum Gasteiger partial charge on any atom is -0.497 e. The smallest absolute Gasteiger partial charge is 0.296 e. The van der Waals surface area contributed by atoms with E-state index in [2.05, 4.69) is 15.6 Å². The van der Waals surface area contributed by atoms with Crippen molar-refractivity contribution in [1.29, 1.82) is 0 Å². The molecule has 1 amide bonds. The van der Waals surface area contributed by atoms with Gasteiger partial charge in [0.2, 0.25) is 5.91 Å². The molecule has 0 aliphatic heterocycles. The molecule has 0 fully saturated rings. The average molecular weight is 356 g/mol. The van der Waals surface area contributed by atoms with Crippen molar-refractivity contribution in [3.8, 4) is 5.75 Å². The van der Waals surface area contributed by atoms with Crippen molar-refractivity contribution >= 4 is 16.8 Å². The average Bonchev–Trinajstić information content (AvgIpc) is 3.04. The van der Waals surface area contributed by atoms with E-state index in [9.17, 15) is 9.59 Å². The monoisotopic (exact) mass is 356 g/mol. The standard InChI is InChI=1S/C18H20N4O4/c1-11-16-12(2)26-21-17(16)18(24)22(20-11)8-7-15(23)19-10-13-5-4-6-14(9-13)25-3/h4-6,9H,7-8,10H2,1-3H3,(H,19,23). The van der Waals surface area contributed by atoms with E-state index in [0.29, 0.717) is 23.4 Å². The lowest BCUT2D eigenvalue weighted by atomic mass is 10.2. The van der Waals surface area contributed by atoms with Gasteiger partial charge in [0.05, 0.1) is 24.7 Å². The van der Waals surface area contributed by atoms with Gasteiger partial charge in [-0.1, -0.05) is 17.3 Å². The van der Waals surface area contributed by atoms with Gasteiger partial charge in [-0.2, -0.15) is 5.10 Å². The number of carbonyl (C=O) groups is 1. The molecule has 0 saturated heterocycles. The van der Waals surface area contributed by atoms with Crippen molar-refractivity contribution in [3.05, 3.63) is 51.6 Å². The maximum Gasteiger partial charge on any atom is 0.296 e. The van der Waals surface area contributed by atoms with Gasteiger partial charge < -0.3 is 14.6 Å². The van der Waals surface area contributed by atoms with E-state index < -0.39 is 0 Å². The van der Waals surface area contributed by atoms with Crippen LogP contribution < -0.4 is 15.6 Å². The van der Waals surface area contributed by atoms with Crippen LogP contribution in [0.15, 0.2) is 33.6 Å². The van der Waals surface area contributed by atoms with Crippen LogP contribution in [0.2, 0.25) is 0 Å². The molecule has 8 nitrogen and oxygen atoms in total. The number of carbonyl (C=O) groups excluding carboxylic acids is 1. The molecule has 0 atom stereocenters. The third-order valence-corrected chi connectivity index (χ3v) is 4.11. The molecule has 2 aromatic heterocycles. The van der Waals surface area contributed by atoms with Gasteiger partial charge in [0.25, 0.3) is 5.56 Å². The fraction of sp³-hybridized carbons (Fsp3) is 0.333. The topological polar surface area (TPSA) is 99.2 Å². The summed E-state index contributed by atoms with van der Waals surface area (Å²) in [6, 6.07) is 7.46. The van der Waals surface area contributed by atoms with Crippen molar-refractivity contribution in [2.75, 3.05) is 7.11 Å². The molecule has 0 bridgehead atoms. The Kier molecular flexibility index (Phi) is 5.01. The second-order valence-electron chi connectivity index (χ2n) is 5.95. The van der Waals surface area contributed by atoms with Gasteiger partial charge in [0, 0.05) is 13.0 Å². The molecule has 3 aromatic rings. The number of hydrogen-bond donors (Lipinski definition) is 1. The van der Waals surface area contributed by atoms with Crippen molar-refractivity contribution in [2.45, 2.75) is 33.4 Å². The predicted octanol–water partition coefficient (Wildman–Crippen LogP) is 1.72. The summed E-state index contributed by atoms with van der Waals surface area (Å²) in [4.78, 5) is 24.5. The number of hydrogen-bond acceptors (Lipinski definition) is 6. The van der Waals surface area contributed by atoms with Gasteiger partial charge in [-0.15, -0.1) is 0 Å². The molecule has 1 N–H and O–H groups in total. The molecule has 26 heavy (non-hydrogen) atoms. The molecule has 1 aromatic carbocycles. The van der Waals surface area contributed by atoms with Gasteiger partial charge in [0.1, 0.15) is 11.5 Å². The Hall–Kier alpha value is -3.16. The molecular formula is C18H20N4O4. The first kappa shape index (κ1) is 17.7. The summed E-state index contributed by atoms with van der Waals surface area (Å²) in [5.41, 5.74) is 1.47. The second-order valence-corrected chi connectivity index (χ2v) is 5.95. The Bertz CT molecular complexity index is 1010. The van der Waals surface area contributed by atoms with Crippen LogP contribution in [0, 0.1) is 13.8 Å². The summed E-state index contributed by atoms with van der Waals surface area (Å²) in [6.07, 6.45) is 0.138. The highest BCUT2D eigenvalue weighted by Crippen LogP contribution is 2.16. The third-order valence-electron chi connectivity index (χ3n) is 4.11. The summed E-state index contributed by atoms with van der Waals surface area (Å²) in [5, 5.41) is 11.5. The van der Waals surface area contributed by atoms with Crippen LogP contribution in [0.5, 0.6) is 5.75 Å². The molecule has 2 heterocycles. The number of ether oxygens (including phenoxy) is 1. The van der Waals surface area contributed by atoms with E-state index in [0.717, 1.165) is 11.3 Å². The number of aromatic nitrogens is 3. The molecule has 136 valence electrons. The molecule has 0 unspecified atom stereocenters. The molecule has 3 rings (SSSR count). The van der Waals surface area contributed by atoms with Crippen molar-refractivity contribution in [3.63, 3.8) is 0 Å². The highest BCUT2D eigenvalue weighted by atomic mass is 16.5. The number of nitrogens with zero attached hydrogens (tertiary/aromatic N) is 3. The lowest BCUT2D eigenvalue weighted by Crippen LogP contribution is -2.29. The Morgan fingerprint density at radius 2 is 2.15 bits per heavy atom. The largest absolute Gasteiger partial charge is 0.497 e. The molecule has 8 heteroatoms. The highest BCUT2D eigenvalue weighted by Gasteiger charge is 2.15. The number of methoxy groups -OCH3 is 1. The van der Waals surface area contributed by atoms with Crippen LogP contribution >= 0.6 is 0 Å². The van der Waals surface area contributed by atoms with Crippen LogP contribution in [0.25, 0.3) is 10.9 Å². The van der Waals surface area contributed by atoms with Gasteiger partial charge in [-0.25, -0.2) is 4.68 Å². The first-order valence-corrected chi connectivity index (χ1v) is 8.23. The van der Waals surface area contributed by atoms with Crippen LogP contribution in [-0.4, -0.2) is 28.0 Å². The minimum absolute atomic E-state index is 0.138. The number of nitrogens with one attached hydrogen (secondary N) is 1. The number of amides is 1. The minimum atomic E-state index is -0.358. The zero-order chi connectivity index (χ0) is 18.7. The van der Waals surface area contributed by atoms with Crippen molar-refractivity contribution in [1.82, 2.24) is 20.3 Å². The van der Waals surface area contributed by atoms with Gasteiger partial charge in [-0.05, 0) is 31.5 Å². The molecule has 0 radical (unpaired) electrons. The molecule has 0 spiro atoms. The third kappa shape index (κ3) is 3.58. The number of aryl methyl sites for hydroxylation is 3. The highest BCUT2D eigenvalue weighted by molar-refractivity contribution is 5.81. The van der Waals surface area contributed by atoms with Gasteiger partial charge >= 0.3 is 0 Å². The number of fused-ring (bicyclic) bond motifs is 1. The van der Waals surface area contributed by atoms with Crippen LogP contribution in [0.4, 0.5) is 0 Å². The quantitative estimate of drug-likeness (QED) is 0.722. The zero-order valence-electron chi connectivity index (χ0n) is 14.9. The van der Waals surface area contributed by atoms with Crippen molar-refractivity contribution < 1.29 is 14.1 Å². The number of benzene rings is 1. The summed E-state index contributed by atoms with van der Waals surface area (Å²) in [7, 11) is 1.59. The Morgan fingerprint density at radius 1 is 1.35 bits per heavy atom. The Morgan fingerprint density at radius 3 is 2.92 bits per heavy atom. The molecule has 0 saturated carbocycles. The Balaban J connectivity index is 1.63. The van der Waals surface area contributed by atoms with Gasteiger partial charge in [-0.3, -0.25) is 9.59 Å². The maximum absolute atomic E-state index is 12.4. The summed E-state index contributed by atoms with van der Waals surface area (Å²) >= 11 is 0. The van der Waals surface area contributed by atoms with E-state index in [-0.39, 0.29) is 29.9 Å². The lowest BCUT2D eigenvalue weighted by molar-refractivity contribution is -0.121. The van der Waals surface area contributed by atoms with Crippen LogP contribution in [0.3, 0.4) is 0 Å². The normalized spacial score (nSPS) is 10.9. The van der Waals surface area contributed by atoms with E-state index in [1.54, 1.807) is 21.0 Å². The van der Waals surface area contributed by atoms with E-state index in [1.807, 2.05) is 24.3 Å². The molecular weight excluding hydrogens is 336 g/mol. The van der Waals surface area contributed by atoms with Crippen LogP contribution in [-0.2, 0) is 17.9 Å². The molecule has 0 aliphatic carbocycles. The summed E-state index contributed by atoms with van der Waals surface area (Å²) in [5.74, 6) is 1.13. The van der Waals surface area contributed by atoms with Gasteiger partial charge in [0.15, 0.2) is 5.52 Å². The summed E-state index contributed by atoms with van der Waals surface area (Å²) in [6.45, 7) is 4.08. The van der Waals surface area contributed by atoms with E-state index in [1.165, 1.54) is 4.68 Å². The lowest BCUT2D eigenvalue weighted by Gasteiger charge is -2.08. The fourth-order valence-corrected chi connectivity index (χ4v) is 2.77. The van der Waals surface area contributed by atoms with Crippen LogP contribution in [0.1, 0.15) is 23.4 Å². The molecule has 0 aliphatic rings. The summed E-state index contributed by atoms with van der Waals surface area (Å²) < 4.78 is 11.5. The SMILES string of the molecule is COc1cccc(CNC(=O)CCn2nc(C)c3c(C)onc3c2=O)c1. The fourth-order valence-electron chi connectivity index (χ4n) is 2.77. The first-order chi connectivity index (χ1) is 12.5. The predicted molar refractivity (Wildman–Crippen MR) is 95.0 cm³/mol. The zero-order valence-corrected chi connectivity index (χ0v) is 14.9. The Labute approximate surface area is 149 Å². The van der Waals surface area contributed by atoms with E-state index in [4.69, 9.17) is 9.26 Å². The van der Waals surface area contributed by atoms with E-state index >= 15 is 0 Å². The maximum atomic E-state index is 12.4. The van der Waals surface area contributed by atoms with Crippen molar-refractivity contribution in [2.24, 2.45) is 0 Å². The first-order valence-electron chi connectivity index (χ1n) is 8.23. The second kappa shape index (κ2) is 7.38.